The molecule has 0 radical (unpaired) electrons. The van der Waals surface area contributed by atoms with Crippen molar-refractivity contribution in [1.29, 1.82) is 0 Å². The minimum Gasteiger partial charge on any atom is -0.493 e. The van der Waals surface area contributed by atoms with Crippen molar-refractivity contribution in [3.63, 3.8) is 0 Å². The summed E-state index contributed by atoms with van der Waals surface area (Å²) in [6.07, 6.45) is 5.05. The van der Waals surface area contributed by atoms with Gasteiger partial charge in [0.2, 0.25) is 5.28 Å². The van der Waals surface area contributed by atoms with Gasteiger partial charge in [0.05, 0.1) is 19.4 Å². The smallest absolute Gasteiger partial charge is 0.223 e. The molecule has 0 saturated carbocycles. The van der Waals surface area contributed by atoms with Crippen molar-refractivity contribution in [3.8, 4) is 5.75 Å². The normalized spacial score (nSPS) is 12.6. The molecule has 2 aromatic rings. The molecule has 0 saturated heterocycles. The van der Waals surface area contributed by atoms with Gasteiger partial charge in [0.1, 0.15) is 5.69 Å². The minimum atomic E-state index is -0.546. The third kappa shape index (κ3) is 3.79. The Balaban J connectivity index is 2.05. The second-order valence-corrected chi connectivity index (χ2v) is 4.50. The van der Waals surface area contributed by atoms with Crippen molar-refractivity contribution in [2.75, 3.05) is 7.11 Å². The van der Waals surface area contributed by atoms with Gasteiger partial charge in [-0.25, -0.2) is 9.97 Å². The molecule has 4 nitrogen and oxygen atoms in total. The van der Waals surface area contributed by atoms with Crippen LogP contribution in [0, 0.1) is 0 Å². The summed E-state index contributed by atoms with van der Waals surface area (Å²) < 4.78 is 5.15. The number of aliphatic hydroxyl groups is 1. The largest absolute Gasteiger partial charge is 0.493 e. The summed E-state index contributed by atoms with van der Waals surface area (Å²) in [4.78, 5) is 7.92. The Morgan fingerprint density at radius 3 is 2.80 bits per heavy atom. The average Bonchev–Trinajstić information content (AvgIpc) is 2.48. The van der Waals surface area contributed by atoms with E-state index in [4.69, 9.17) is 16.3 Å². The van der Waals surface area contributed by atoms with Gasteiger partial charge in [-0.05, 0) is 29.7 Å². The quantitative estimate of drug-likeness (QED) is 0.859. The van der Waals surface area contributed by atoms with Gasteiger partial charge in [-0.2, -0.15) is 0 Å². The van der Waals surface area contributed by atoms with E-state index in [0.717, 1.165) is 5.56 Å². The van der Waals surface area contributed by atoms with Crippen LogP contribution in [0.3, 0.4) is 0 Å². The summed E-state index contributed by atoms with van der Waals surface area (Å²) in [6, 6.07) is 9.49. The summed E-state index contributed by atoms with van der Waals surface area (Å²) >= 11 is 5.75. The maximum absolute atomic E-state index is 10.0. The zero-order valence-corrected chi connectivity index (χ0v) is 11.8. The molecule has 0 fully saturated rings. The minimum absolute atomic E-state index is 0.161. The van der Waals surface area contributed by atoms with Crippen LogP contribution < -0.4 is 4.74 Å². The van der Waals surface area contributed by atoms with Crippen molar-refractivity contribution in [1.82, 2.24) is 9.97 Å². The molecule has 1 N–H and O–H groups in total. The Morgan fingerprint density at radius 1 is 1.35 bits per heavy atom. The fourth-order valence-electron chi connectivity index (χ4n) is 1.76. The predicted molar refractivity (Wildman–Crippen MR) is 78.6 cm³/mol. The van der Waals surface area contributed by atoms with Crippen molar-refractivity contribution < 1.29 is 9.84 Å². The van der Waals surface area contributed by atoms with Gasteiger partial charge in [0.15, 0.2) is 5.75 Å². The van der Waals surface area contributed by atoms with Gasteiger partial charge in [-0.1, -0.05) is 36.4 Å². The Bertz CT molecular complexity index is 588. The Morgan fingerprint density at radius 2 is 2.10 bits per heavy atom. The molecule has 1 aromatic carbocycles. The van der Waals surface area contributed by atoms with Crippen LogP contribution in [0.2, 0.25) is 5.28 Å². The fraction of sp³-hybridized carbons (Fsp3) is 0.200. The van der Waals surface area contributed by atoms with E-state index in [2.05, 4.69) is 9.97 Å². The lowest BCUT2D eigenvalue weighted by Crippen LogP contribution is -1.95. The Hall–Kier alpha value is -1.91. The number of aromatic nitrogens is 2. The molecule has 0 aliphatic carbocycles. The number of halogens is 1. The predicted octanol–water partition coefficient (Wildman–Crippen LogP) is 3.28. The summed E-state index contributed by atoms with van der Waals surface area (Å²) in [5.41, 5.74) is 1.47. The van der Waals surface area contributed by atoms with Gasteiger partial charge in [0.25, 0.3) is 0 Å². The first-order valence-corrected chi connectivity index (χ1v) is 6.54. The Kier molecular flexibility index (Phi) is 5.09. The van der Waals surface area contributed by atoms with Crippen molar-refractivity contribution in [3.05, 3.63) is 59.1 Å². The van der Waals surface area contributed by atoms with Crippen LogP contribution in [-0.2, 0) is 0 Å². The zero-order chi connectivity index (χ0) is 14.4. The maximum atomic E-state index is 10.0. The number of hydrogen-bond donors (Lipinski definition) is 1. The van der Waals surface area contributed by atoms with Crippen LogP contribution in [-0.4, -0.2) is 22.2 Å². The molecule has 5 heteroatoms. The number of methoxy groups -OCH3 is 1. The number of nitrogens with zero attached hydrogens (tertiary/aromatic N) is 2. The van der Waals surface area contributed by atoms with Crippen molar-refractivity contribution in [2.45, 2.75) is 12.5 Å². The van der Waals surface area contributed by atoms with Crippen molar-refractivity contribution in [2.24, 2.45) is 0 Å². The van der Waals surface area contributed by atoms with Crippen LogP contribution in [0.25, 0.3) is 6.08 Å². The molecular formula is C15H15ClN2O2. The molecule has 0 amide bonds. The van der Waals surface area contributed by atoms with E-state index in [1.165, 1.54) is 6.20 Å². The Labute approximate surface area is 122 Å². The first-order valence-electron chi connectivity index (χ1n) is 6.17. The van der Waals surface area contributed by atoms with Gasteiger partial charge < -0.3 is 9.84 Å². The molecule has 1 heterocycles. The SMILES string of the molecule is COc1cnc(Cl)nc1/C=C\C[C@@H](O)c1ccccc1. The van der Waals surface area contributed by atoms with Crippen LogP contribution >= 0.6 is 11.6 Å². The molecule has 0 bridgehead atoms. The molecule has 104 valence electrons. The lowest BCUT2D eigenvalue weighted by Gasteiger charge is -2.08. The first kappa shape index (κ1) is 14.5. The lowest BCUT2D eigenvalue weighted by molar-refractivity contribution is 0.182. The highest BCUT2D eigenvalue weighted by atomic mass is 35.5. The number of benzene rings is 1. The highest BCUT2D eigenvalue weighted by Crippen LogP contribution is 2.20. The van der Waals surface area contributed by atoms with E-state index in [-0.39, 0.29) is 5.28 Å². The molecule has 0 unspecified atom stereocenters. The molecule has 1 aromatic heterocycles. The molecule has 1 atom stereocenters. The second-order valence-electron chi connectivity index (χ2n) is 4.16. The van der Waals surface area contributed by atoms with Crippen LogP contribution in [0.5, 0.6) is 5.75 Å². The van der Waals surface area contributed by atoms with E-state index < -0.39 is 6.10 Å². The second kappa shape index (κ2) is 7.03. The number of hydrogen-bond acceptors (Lipinski definition) is 4. The van der Waals surface area contributed by atoms with Gasteiger partial charge >= 0.3 is 0 Å². The molecule has 0 spiro atoms. The molecule has 0 aliphatic heterocycles. The van der Waals surface area contributed by atoms with Crippen LogP contribution in [0.4, 0.5) is 0 Å². The average molecular weight is 291 g/mol. The summed E-state index contributed by atoms with van der Waals surface area (Å²) in [6.45, 7) is 0. The molecule has 2 rings (SSSR count). The van der Waals surface area contributed by atoms with Crippen LogP contribution in [0.15, 0.2) is 42.6 Å². The molecule has 20 heavy (non-hydrogen) atoms. The number of rotatable bonds is 5. The van der Waals surface area contributed by atoms with Crippen LogP contribution in [0.1, 0.15) is 23.8 Å². The van der Waals surface area contributed by atoms with Gasteiger partial charge in [0, 0.05) is 0 Å². The third-order valence-electron chi connectivity index (χ3n) is 2.79. The number of ether oxygens (including phenoxy) is 1. The monoisotopic (exact) mass is 290 g/mol. The lowest BCUT2D eigenvalue weighted by atomic mass is 10.1. The molecule has 0 aliphatic rings. The summed E-state index contributed by atoms with van der Waals surface area (Å²) in [5.74, 6) is 0.542. The van der Waals surface area contributed by atoms with E-state index in [0.29, 0.717) is 17.9 Å². The number of aliphatic hydroxyl groups excluding tert-OH is 1. The summed E-state index contributed by atoms with van der Waals surface area (Å²) in [5, 5.41) is 10.2. The zero-order valence-electron chi connectivity index (χ0n) is 11.0. The summed E-state index contributed by atoms with van der Waals surface area (Å²) in [7, 11) is 1.54. The highest BCUT2D eigenvalue weighted by Gasteiger charge is 2.06. The van der Waals surface area contributed by atoms with Crippen molar-refractivity contribution >= 4 is 17.7 Å². The van der Waals surface area contributed by atoms with E-state index in [1.54, 1.807) is 13.2 Å². The van der Waals surface area contributed by atoms with Gasteiger partial charge in [-0.3, -0.25) is 0 Å². The highest BCUT2D eigenvalue weighted by molar-refractivity contribution is 6.28. The maximum Gasteiger partial charge on any atom is 0.223 e. The standard InChI is InChI=1S/C15H15ClN2O2/c1-20-14-10-17-15(16)18-12(14)8-5-9-13(19)11-6-3-2-4-7-11/h2-8,10,13,19H,9H2,1H3/b8-5-/t13-/m1/s1. The third-order valence-corrected chi connectivity index (χ3v) is 2.97. The van der Waals surface area contributed by atoms with E-state index in [1.807, 2.05) is 36.4 Å². The van der Waals surface area contributed by atoms with E-state index in [9.17, 15) is 5.11 Å². The molecular weight excluding hydrogens is 276 g/mol. The first-order chi connectivity index (χ1) is 9.70. The van der Waals surface area contributed by atoms with Gasteiger partial charge in [-0.15, -0.1) is 0 Å². The van der Waals surface area contributed by atoms with E-state index >= 15 is 0 Å². The fourth-order valence-corrected chi connectivity index (χ4v) is 1.90. The topological polar surface area (TPSA) is 55.2 Å².